The van der Waals surface area contributed by atoms with Crippen molar-refractivity contribution in [2.45, 2.75) is 58.2 Å². The smallest absolute Gasteiger partial charge is 0.188 e. The second kappa shape index (κ2) is 5.23. The number of allylic oxidation sites excluding steroid dienone is 3. The number of hydrogen-bond donors (Lipinski definition) is 2. The largest absolute Gasteiger partial charge is 0.385 e. The first-order valence-electron chi connectivity index (χ1n) is 9.47. The predicted molar refractivity (Wildman–Crippen MR) is 94.0 cm³/mol. The lowest BCUT2D eigenvalue weighted by atomic mass is 9.46. The van der Waals surface area contributed by atoms with Gasteiger partial charge in [-0.25, -0.2) is 0 Å². The second-order valence-electron chi connectivity index (χ2n) is 9.09. The van der Waals surface area contributed by atoms with Crippen LogP contribution in [-0.2, 0) is 14.4 Å². The van der Waals surface area contributed by atoms with Gasteiger partial charge in [0, 0.05) is 16.4 Å². The van der Waals surface area contributed by atoms with Gasteiger partial charge in [-0.05, 0) is 62.5 Å². The van der Waals surface area contributed by atoms with E-state index in [0.29, 0.717) is 31.3 Å². The van der Waals surface area contributed by atoms with Gasteiger partial charge in [0.1, 0.15) is 11.7 Å². The van der Waals surface area contributed by atoms with Gasteiger partial charge in [0.15, 0.2) is 17.3 Å². The average Bonchev–Trinajstić information content (AvgIpc) is 2.87. The van der Waals surface area contributed by atoms with E-state index in [2.05, 4.69) is 0 Å². The van der Waals surface area contributed by atoms with E-state index in [9.17, 15) is 24.6 Å². The molecule has 0 spiro atoms. The molecule has 0 saturated heterocycles. The predicted octanol–water partition coefficient (Wildman–Crippen LogP) is 1.76. The molecule has 4 aliphatic rings. The zero-order valence-corrected chi connectivity index (χ0v) is 15.5. The van der Waals surface area contributed by atoms with Crippen molar-refractivity contribution in [3.05, 3.63) is 23.8 Å². The molecule has 0 aromatic carbocycles. The summed E-state index contributed by atoms with van der Waals surface area (Å²) in [7, 11) is 0. The van der Waals surface area contributed by atoms with Crippen LogP contribution in [0.1, 0.15) is 46.5 Å². The maximum absolute atomic E-state index is 12.9. The van der Waals surface area contributed by atoms with Crippen LogP contribution >= 0.6 is 0 Å². The number of Topliss-reactive ketones (excluding diaryl/α,β-unsaturated/α-hetero) is 2. The Labute approximate surface area is 153 Å². The third-order valence-electron chi connectivity index (χ3n) is 8.20. The van der Waals surface area contributed by atoms with Crippen molar-refractivity contribution < 1.29 is 24.6 Å². The van der Waals surface area contributed by atoms with E-state index in [1.165, 1.54) is 19.1 Å². The fourth-order valence-corrected chi connectivity index (χ4v) is 6.62. The summed E-state index contributed by atoms with van der Waals surface area (Å²) in [5.41, 5.74) is -2.19. The lowest BCUT2D eigenvalue weighted by Crippen LogP contribution is -2.61. The number of rotatable bonds is 1. The lowest BCUT2D eigenvalue weighted by molar-refractivity contribution is -0.169. The van der Waals surface area contributed by atoms with E-state index in [1.54, 1.807) is 0 Å². The molecule has 4 rings (SSSR count). The molecule has 3 saturated carbocycles. The summed E-state index contributed by atoms with van der Waals surface area (Å²) in [5, 5.41) is 22.0. The maximum atomic E-state index is 12.9. The third-order valence-corrected chi connectivity index (χ3v) is 8.20. The van der Waals surface area contributed by atoms with Gasteiger partial charge in [0.2, 0.25) is 0 Å². The summed E-state index contributed by atoms with van der Waals surface area (Å²) in [6, 6.07) is 0. The molecule has 0 bridgehead atoms. The van der Waals surface area contributed by atoms with Crippen molar-refractivity contribution in [2.24, 2.45) is 28.6 Å². The van der Waals surface area contributed by atoms with Gasteiger partial charge in [-0.1, -0.05) is 19.9 Å². The Bertz CT molecular complexity index is 779. The van der Waals surface area contributed by atoms with Crippen LogP contribution in [0, 0.1) is 28.6 Å². The Balaban J connectivity index is 1.81. The van der Waals surface area contributed by atoms with Crippen LogP contribution in [0.2, 0.25) is 0 Å². The monoisotopic (exact) mass is 358 g/mol. The number of fused-ring (bicyclic) bond motifs is 5. The highest BCUT2D eigenvalue weighted by Gasteiger charge is 2.68. The topological polar surface area (TPSA) is 91.7 Å². The number of hydrogen-bond acceptors (Lipinski definition) is 5. The first-order chi connectivity index (χ1) is 12.1. The zero-order valence-electron chi connectivity index (χ0n) is 15.5. The molecule has 0 aromatic heterocycles. The zero-order chi connectivity index (χ0) is 19.1. The van der Waals surface area contributed by atoms with E-state index in [-0.39, 0.29) is 35.1 Å². The number of aliphatic hydroxyl groups excluding tert-OH is 1. The van der Waals surface area contributed by atoms with Gasteiger partial charge in [-0.3, -0.25) is 14.4 Å². The molecule has 0 heterocycles. The normalized spacial score (nSPS) is 50.0. The Hall–Kier alpha value is -1.59. The fourth-order valence-electron chi connectivity index (χ4n) is 6.62. The molecule has 0 amide bonds. The van der Waals surface area contributed by atoms with Gasteiger partial charge in [0.25, 0.3) is 0 Å². The molecule has 0 radical (unpaired) electrons. The summed E-state index contributed by atoms with van der Waals surface area (Å²) in [6.07, 6.45) is 5.89. The molecule has 5 nitrogen and oxygen atoms in total. The summed E-state index contributed by atoms with van der Waals surface area (Å²) < 4.78 is 0. The van der Waals surface area contributed by atoms with Crippen LogP contribution in [0.4, 0.5) is 0 Å². The summed E-state index contributed by atoms with van der Waals surface area (Å²) in [4.78, 5) is 36.9. The van der Waals surface area contributed by atoms with Crippen molar-refractivity contribution in [3.8, 4) is 0 Å². The van der Waals surface area contributed by atoms with Crippen molar-refractivity contribution in [2.75, 3.05) is 0 Å². The quantitative estimate of drug-likeness (QED) is 0.745. The molecule has 3 fully saturated rings. The maximum Gasteiger partial charge on any atom is 0.188 e. The van der Waals surface area contributed by atoms with E-state index in [0.717, 1.165) is 0 Å². The van der Waals surface area contributed by atoms with Crippen LogP contribution in [-0.4, -0.2) is 39.3 Å². The number of carbonyl (C=O) groups excluding carboxylic acids is 3. The van der Waals surface area contributed by atoms with Crippen molar-refractivity contribution in [1.82, 2.24) is 0 Å². The van der Waals surface area contributed by atoms with E-state index in [4.69, 9.17) is 0 Å². The molecule has 0 aliphatic heterocycles. The minimum atomic E-state index is -1.39. The Kier molecular flexibility index (Phi) is 3.58. The summed E-state index contributed by atoms with van der Waals surface area (Å²) in [5.74, 6) is -1.23. The van der Waals surface area contributed by atoms with Gasteiger partial charge >= 0.3 is 0 Å². The molecular weight excluding hydrogens is 332 g/mol. The van der Waals surface area contributed by atoms with Gasteiger partial charge in [-0.2, -0.15) is 0 Å². The molecule has 4 aliphatic carbocycles. The Morgan fingerprint density at radius 2 is 1.81 bits per heavy atom. The lowest BCUT2D eigenvalue weighted by Gasteiger charge is -2.58. The SMILES string of the molecule is CC(=O)[C@@]1(O)CC[C@H]2[C@@H]3[C@@H](O)C(=O)C4=CC(=O)C=C[C@]4(C)[C@H]3CC[C@@]21C. The first kappa shape index (κ1) is 17.8. The van der Waals surface area contributed by atoms with Crippen LogP contribution in [0.25, 0.3) is 0 Å². The van der Waals surface area contributed by atoms with Gasteiger partial charge in [0.05, 0.1) is 0 Å². The molecule has 0 aromatic rings. The van der Waals surface area contributed by atoms with Crippen LogP contribution in [0.3, 0.4) is 0 Å². The highest BCUT2D eigenvalue weighted by molar-refractivity contribution is 6.11. The molecule has 140 valence electrons. The number of aliphatic hydroxyl groups is 2. The molecular formula is C21H26O5. The highest BCUT2D eigenvalue weighted by atomic mass is 16.3. The van der Waals surface area contributed by atoms with Crippen LogP contribution in [0.15, 0.2) is 23.8 Å². The molecule has 0 unspecified atom stereocenters. The van der Waals surface area contributed by atoms with Gasteiger partial charge < -0.3 is 10.2 Å². The molecule has 2 N–H and O–H groups in total. The van der Waals surface area contributed by atoms with Gasteiger partial charge in [-0.15, -0.1) is 0 Å². The molecule has 26 heavy (non-hydrogen) atoms. The van der Waals surface area contributed by atoms with Crippen LogP contribution < -0.4 is 0 Å². The molecule has 7 atom stereocenters. The first-order valence-corrected chi connectivity index (χ1v) is 9.47. The third kappa shape index (κ3) is 1.91. The Morgan fingerprint density at radius 3 is 2.46 bits per heavy atom. The second-order valence-corrected chi connectivity index (χ2v) is 9.09. The van der Waals surface area contributed by atoms with Crippen molar-refractivity contribution in [1.29, 1.82) is 0 Å². The van der Waals surface area contributed by atoms with Crippen LogP contribution in [0.5, 0.6) is 0 Å². The summed E-state index contributed by atoms with van der Waals surface area (Å²) in [6.45, 7) is 5.34. The number of carbonyl (C=O) groups is 3. The number of ketones is 3. The van der Waals surface area contributed by atoms with Crippen molar-refractivity contribution in [3.63, 3.8) is 0 Å². The summed E-state index contributed by atoms with van der Waals surface area (Å²) >= 11 is 0. The van der Waals surface area contributed by atoms with E-state index < -0.39 is 22.5 Å². The molecule has 5 heteroatoms. The average molecular weight is 358 g/mol. The van der Waals surface area contributed by atoms with Crippen molar-refractivity contribution >= 4 is 17.3 Å². The fraction of sp³-hybridized carbons (Fsp3) is 0.667. The highest BCUT2D eigenvalue weighted by Crippen LogP contribution is 2.66. The Morgan fingerprint density at radius 1 is 1.15 bits per heavy atom. The van der Waals surface area contributed by atoms with E-state index >= 15 is 0 Å². The standard InChI is InChI=1S/C21H26O5/c1-11(22)21(26)9-6-14-16-13(5-8-20(14,21)3)19(2)7-4-12(23)10-15(19)17(24)18(16)25/h4,7,10,13-14,16,18,25-26H,5-6,8-9H2,1-3H3/t13-,14-,16+,18+,19+,20-,21-/m0/s1. The minimum Gasteiger partial charge on any atom is -0.385 e. The minimum absolute atomic E-state index is 0.0122. The van der Waals surface area contributed by atoms with E-state index in [1.807, 2.05) is 19.9 Å².